The van der Waals surface area contributed by atoms with Gasteiger partial charge in [0.15, 0.2) is 0 Å². The minimum Gasteiger partial charge on any atom is -1.00 e. The Morgan fingerprint density at radius 1 is 0.500 bits per heavy atom. The molecule has 0 aromatic carbocycles. The SMILES string of the molecule is Cl.Cl.Cl.Cl.Cl.[H-].[Li+]. The zero-order chi connectivity index (χ0) is 0. The predicted molar refractivity (Wildman–Crippen MR) is 37.4 cm³/mol. The van der Waals surface area contributed by atoms with Gasteiger partial charge >= 0.3 is 18.9 Å². The summed E-state index contributed by atoms with van der Waals surface area (Å²) >= 11 is 0. The second-order valence-corrected chi connectivity index (χ2v) is 0. The molecule has 0 aliphatic carbocycles. The van der Waals surface area contributed by atoms with Crippen LogP contribution in [-0.2, 0) is 0 Å². The third-order valence-corrected chi connectivity index (χ3v) is 0. The van der Waals surface area contributed by atoms with E-state index >= 15 is 0 Å². The monoisotopic (exact) mass is 188 g/mol. The molecule has 0 saturated carbocycles. The van der Waals surface area contributed by atoms with Gasteiger partial charge in [0.05, 0.1) is 0 Å². The summed E-state index contributed by atoms with van der Waals surface area (Å²) in [5.74, 6) is 0. The van der Waals surface area contributed by atoms with Crippen molar-refractivity contribution in [2.45, 2.75) is 0 Å². The first kappa shape index (κ1) is 95.3. The van der Waals surface area contributed by atoms with Crippen molar-refractivity contribution in [1.82, 2.24) is 0 Å². The summed E-state index contributed by atoms with van der Waals surface area (Å²) in [6, 6.07) is 0. The Kier molecular flexibility index (Phi) is 977. The zero-order valence-corrected chi connectivity index (χ0v) is 7.12. The van der Waals surface area contributed by atoms with E-state index in [1.807, 2.05) is 0 Å². The second-order valence-electron chi connectivity index (χ2n) is 0. The zero-order valence-electron chi connectivity index (χ0n) is 4.04. The molecule has 0 fully saturated rings. The van der Waals surface area contributed by atoms with Gasteiger partial charge in [0.25, 0.3) is 0 Å². The summed E-state index contributed by atoms with van der Waals surface area (Å²) < 4.78 is 0. The first-order chi connectivity index (χ1) is 0. The smallest absolute Gasteiger partial charge is 1.00 e. The molecular weight excluding hydrogens is 184 g/mol. The van der Waals surface area contributed by atoms with Crippen molar-refractivity contribution >= 4 is 62.0 Å². The molecule has 0 aromatic heterocycles. The molecule has 0 saturated heterocycles. The maximum Gasteiger partial charge on any atom is 1.00 e. The summed E-state index contributed by atoms with van der Waals surface area (Å²) in [5.41, 5.74) is 0. The van der Waals surface area contributed by atoms with Gasteiger partial charge in [-0.25, -0.2) is 0 Å². The van der Waals surface area contributed by atoms with Crippen LogP contribution >= 0.6 is 62.0 Å². The minimum atomic E-state index is 0. The van der Waals surface area contributed by atoms with Crippen LogP contribution in [0.25, 0.3) is 0 Å². The first-order valence-corrected chi connectivity index (χ1v) is 0. The molecular formula is H6Cl5Li. The largest absolute Gasteiger partial charge is 1.00 e. The Morgan fingerprint density at radius 3 is 0.500 bits per heavy atom. The quantitative estimate of drug-likeness (QED) is 0.440. The van der Waals surface area contributed by atoms with E-state index in [0.29, 0.717) is 0 Å². The van der Waals surface area contributed by atoms with E-state index in [0.717, 1.165) is 0 Å². The van der Waals surface area contributed by atoms with Gasteiger partial charge in [0.1, 0.15) is 0 Å². The summed E-state index contributed by atoms with van der Waals surface area (Å²) in [4.78, 5) is 0. The topological polar surface area (TPSA) is 0 Å². The summed E-state index contributed by atoms with van der Waals surface area (Å²) in [5, 5.41) is 0. The van der Waals surface area contributed by atoms with E-state index in [1.165, 1.54) is 0 Å². The first-order valence-electron chi connectivity index (χ1n) is 0. The standard InChI is InChI=1S/5ClH.Li.H/h5*1H;;/q;;;;;+1;-1. The normalized spacial score (nSPS) is 0. The molecule has 0 nitrogen and oxygen atoms in total. The fourth-order valence-electron chi connectivity index (χ4n) is 0. The van der Waals surface area contributed by atoms with Crippen LogP contribution in [0.5, 0.6) is 0 Å². The molecule has 0 amide bonds. The van der Waals surface area contributed by atoms with E-state index in [9.17, 15) is 0 Å². The summed E-state index contributed by atoms with van der Waals surface area (Å²) in [7, 11) is 0. The molecule has 0 bridgehead atoms. The number of hydrogen-bond acceptors (Lipinski definition) is 0. The second kappa shape index (κ2) is 61.5. The van der Waals surface area contributed by atoms with Crippen LogP contribution in [0.2, 0.25) is 0 Å². The molecule has 0 rings (SSSR count). The molecule has 6 heteroatoms. The average molecular weight is 190 g/mol. The molecule has 0 N–H and O–H groups in total. The van der Waals surface area contributed by atoms with Crippen LogP contribution < -0.4 is 18.9 Å². The Hall–Kier alpha value is 2.05. The molecule has 0 atom stereocenters. The van der Waals surface area contributed by atoms with Gasteiger partial charge in [-0.3, -0.25) is 0 Å². The van der Waals surface area contributed by atoms with Gasteiger partial charge in [-0.15, -0.1) is 62.0 Å². The Labute approximate surface area is 81.9 Å². The van der Waals surface area contributed by atoms with Gasteiger partial charge in [-0.05, 0) is 0 Å². The molecule has 42 valence electrons. The van der Waals surface area contributed by atoms with Gasteiger partial charge in [-0.2, -0.15) is 0 Å². The third kappa shape index (κ3) is 36.8. The van der Waals surface area contributed by atoms with Gasteiger partial charge < -0.3 is 1.43 Å². The molecule has 0 aliphatic rings. The van der Waals surface area contributed by atoms with Crippen molar-refractivity contribution in [3.63, 3.8) is 0 Å². The number of halogens is 5. The van der Waals surface area contributed by atoms with Crippen LogP contribution in [0.1, 0.15) is 1.43 Å². The van der Waals surface area contributed by atoms with E-state index < -0.39 is 0 Å². The maximum absolute atomic E-state index is 0. The van der Waals surface area contributed by atoms with Crippen molar-refractivity contribution in [2.75, 3.05) is 0 Å². The number of hydrogen-bond donors (Lipinski definition) is 0. The summed E-state index contributed by atoms with van der Waals surface area (Å²) in [6.07, 6.45) is 0. The molecule has 6 heavy (non-hydrogen) atoms. The van der Waals surface area contributed by atoms with Crippen LogP contribution in [0, 0.1) is 0 Å². The van der Waals surface area contributed by atoms with E-state index in [2.05, 4.69) is 0 Å². The van der Waals surface area contributed by atoms with Gasteiger partial charge in [0.2, 0.25) is 0 Å². The minimum absolute atomic E-state index is 0. The van der Waals surface area contributed by atoms with Crippen molar-refractivity contribution in [1.29, 1.82) is 0 Å². The third-order valence-electron chi connectivity index (χ3n) is 0. The molecule has 0 radical (unpaired) electrons. The fraction of sp³-hybridized carbons (Fsp3) is 0. The molecule has 0 aromatic rings. The average Bonchev–Trinajstić information content (AvgIpc) is 0. The van der Waals surface area contributed by atoms with Crippen LogP contribution in [0.15, 0.2) is 0 Å². The van der Waals surface area contributed by atoms with Gasteiger partial charge in [-0.1, -0.05) is 0 Å². The Bertz CT molecular complexity index is 8.04. The van der Waals surface area contributed by atoms with Crippen LogP contribution in [0.3, 0.4) is 0 Å². The maximum atomic E-state index is 0. The molecule has 0 aliphatic heterocycles. The molecule has 0 heterocycles. The fourth-order valence-corrected chi connectivity index (χ4v) is 0. The summed E-state index contributed by atoms with van der Waals surface area (Å²) in [6.45, 7) is 0. The van der Waals surface area contributed by atoms with Crippen molar-refractivity contribution in [3.05, 3.63) is 0 Å². The van der Waals surface area contributed by atoms with Crippen molar-refractivity contribution in [2.24, 2.45) is 0 Å². The van der Waals surface area contributed by atoms with Crippen LogP contribution in [-0.4, -0.2) is 0 Å². The van der Waals surface area contributed by atoms with E-state index in [-0.39, 0.29) is 82.3 Å². The Balaban J connectivity index is 0. The molecule has 0 unspecified atom stereocenters. The number of rotatable bonds is 0. The van der Waals surface area contributed by atoms with Crippen molar-refractivity contribution < 1.29 is 20.3 Å². The predicted octanol–water partition coefficient (Wildman–Crippen LogP) is -0.775. The molecule has 0 spiro atoms. The Morgan fingerprint density at radius 2 is 0.500 bits per heavy atom. The van der Waals surface area contributed by atoms with E-state index in [4.69, 9.17) is 0 Å². The van der Waals surface area contributed by atoms with E-state index in [1.54, 1.807) is 0 Å². The van der Waals surface area contributed by atoms with Gasteiger partial charge in [0, 0.05) is 0 Å². The van der Waals surface area contributed by atoms with Crippen molar-refractivity contribution in [3.8, 4) is 0 Å². The van der Waals surface area contributed by atoms with Crippen LogP contribution in [0.4, 0.5) is 0 Å².